The van der Waals surface area contributed by atoms with Crippen molar-refractivity contribution in [1.82, 2.24) is 14.5 Å². The molecular weight excluding hydrogens is 531 g/mol. The van der Waals surface area contributed by atoms with Crippen LogP contribution in [0.4, 0.5) is 0 Å². The van der Waals surface area contributed by atoms with E-state index in [1.54, 1.807) is 4.31 Å². The van der Waals surface area contributed by atoms with Crippen LogP contribution in [0, 0.1) is 11.3 Å². The van der Waals surface area contributed by atoms with Crippen molar-refractivity contribution in [3.8, 4) is 0 Å². The molecule has 0 aromatic rings. The molecule has 8 nitrogen and oxygen atoms in total. The van der Waals surface area contributed by atoms with Crippen LogP contribution in [-0.2, 0) is 19.5 Å². The molecule has 3 unspecified atom stereocenters. The summed E-state index contributed by atoms with van der Waals surface area (Å²) in [5.41, 5.74) is 0.276. The second-order valence-electron chi connectivity index (χ2n) is 9.48. The van der Waals surface area contributed by atoms with Crippen molar-refractivity contribution in [3.05, 3.63) is 0 Å². The molecule has 10 heteroatoms. The molecule has 0 bridgehead atoms. The van der Waals surface area contributed by atoms with Gasteiger partial charge in [0.2, 0.25) is 10.0 Å². The minimum absolute atomic E-state index is 0. The van der Waals surface area contributed by atoms with Crippen molar-refractivity contribution in [2.24, 2.45) is 16.3 Å². The number of aliphatic imine (C=N–C) groups is 1. The van der Waals surface area contributed by atoms with Gasteiger partial charge in [-0.25, -0.2) is 8.42 Å². The molecule has 2 saturated carbocycles. The fourth-order valence-electron chi connectivity index (χ4n) is 6.04. The third-order valence-electron chi connectivity index (χ3n) is 7.51. The highest BCUT2D eigenvalue weighted by Crippen LogP contribution is 2.60. The van der Waals surface area contributed by atoms with Gasteiger partial charge in [-0.2, -0.15) is 4.31 Å². The van der Waals surface area contributed by atoms with E-state index in [-0.39, 0.29) is 47.9 Å². The fraction of sp³-hybridized carbons (Fsp3) is 0.952. The van der Waals surface area contributed by atoms with Gasteiger partial charge in [-0.15, -0.1) is 24.0 Å². The Labute approximate surface area is 204 Å². The van der Waals surface area contributed by atoms with Gasteiger partial charge in [-0.1, -0.05) is 12.8 Å². The van der Waals surface area contributed by atoms with E-state index >= 15 is 0 Å². The molecule has 0 radical (unpaired) electrons. The van der Waals surface area contributed by atoms with Crippen LogP contribution in [0.5, 0.6) is 0 Å². The number of guanidine groups is 1. The van der Waals surface area contributed by atoms with Gasteiger partial charge in [0.25, 0.3) is 0 Å². The van der Waals surface area contributed by atoms with E-state index in [9.17, 15) is 8.42 Å². The van der Waals surface area contributed by atoms with Crippen molar-refractivity contribution in [3.63, 3.8) is 0 Å². The number of halogens is 1. The Bertz CT molecular complexity index is 734. The highest BCUT2D eigenvalue weighted by atomic mass is 127. The number of hydrogen-bond donors (Lipinski definition) is 1. The van der Waals surface area contributed by atoms with Crippen molar-refractivity contribution >= 4 is 40.0 Å². The van der Waals surface area contributed by atoms with Crippen LogP contribution in [0.25, 0.3) is 0 Å². The predicted molar refractivity (Wildman–Crippen MR) is 132 cm³/mol. The van der Waals surface area contributed by atoms with Crippen molar-refractivity contribution in [1.29, 1.82) is 0 Å². The molecule has 0 amide bonds. The lowest BCUT2D eigenvalue weighted by Gasteiger charge is -2.57. The molecule has 31 heavy (non-hydrogen) atoms. The van der Waals surface area contributed by atoms with Crippen LogP contribution in [0.3, 0.4) is 0 Å². The summed E-state index contributed by atoms with van der Waals surface area (Å²) >= 11 is 0. The summed E-state index contributed by atoms with van der Waals surface area (Å²) in [4.78, 5) is 6.77. The minimum atomic E-state index is -3.28. The Balaban J connectivity index is 0.00000272. The number of hydrogen-bond acceptors (Lipinski definition) is 5. The van der Waals surface area contributed by atoms with Gasteiger partial charge >= 0.3 is 0 Å². The molecule has 2 saturated heterocycles. The molecule has 1 N–H and O–H groups in total. The average molecular weight is 571 g/mol. The largest absolute Gasteiger partial charge is 0.378 e. The molecule has 180 valence electrons. The van der Waals surface area contributed by atoms with Gasteiger partial charge in [0.05, 0.1) is 24.6 Å². The molecule has 0 aromatic heterocycles. The van der Waals surface area contributed by atoms with Crippen molar-refractivity contribution < 1.29 is 17.9 Å². The Morgan fingerprint density at radius 2 is 1.90 bits per heavy atom. The number of ether oxygens (including phenoxy) is 2. The van der Waals surface area contributed by atoms with Gasteiger partial charge in [-0.3, -0.25) is 4.99 Å². The van der Waals surface area contributed by atoms with Crippen LogP contribution in [-0.4, -0.2) is 94.0 Å². The summed E-state index contributed by atoms with van der Waals surface area (Å²) in [6, 6.07) is 0.432. The molecule has 2 aliphatic heterocycles. The van der Waals surface area contributed by atoms with E-state index in [2.05, 4.69) is 15.2 Å². The normalized spacial score (nSPS) is 30.9. The Kier molecular flexibility index (Phi) is 8.54. The molecule has 2 heterocycles. The average Bonchev–Trinajstić information content (AvgIpc) is 3.37. The number of rotatable bonds is 6. The topological polar surface area (TPSA) is 83.5 Å². The molecule has 4 rings (SSSR count). The lowest BCUT2D eigenvalue weighted by molar-refractivity contribution is -0.125. The lowest BCUT2D eigenvalue weighted by atomic mass is 9.54. The van der Waals surface area contributed by atoms with Crippen LogP contribution < -0.4 is 5.32 Å². The summed E-state index contributed by atoms with van der Waals surface area (Å²) in [6.07, 6.45) is 6.67. The molecule has 0 aromatic carbocycles. The number of nitrogens with one attached hydrogen (secondary N) is 1. The standard InChI is InChI=1S/C21H38N4O4S.HI/c1-16(2)28-14-15-30(26,27)25-11-9-24(10-12-25)20(22-3)23-18-17-6-13-29-19(17)21(18)7-4-5-8-21;/h16-19H,4-15H2,1-3H3,(H,22,23);1H. The lowest BCUT2D eigenvalue weighted by Crippen LogP contribution is -2.70. The van der Waals surface area contributed by atoms with Crippen molar-refractivity contribution in [2.45, 2.75) is 64.2 Å². The summed E-state index contributed by atoms with van der Waals surface area (Å²) in [6.45, 7) is 7.28. The molecule has 2 aliphatic carbocycles. The summed E-state index contributed by atoms with van der Waals surface area (Å²) in [7, 11) is -1.45. The predicted octanol–water partition coefficient (Wildman–Crippen LogP) is 1.90. The highest BCUT2D eigenvalue weighted by molar-refractivity contribution is 14.0. The first kappa shape index (κ1) is 25.5. The zero-order chi connectivity index (χ0) is 21.4. The third kappa shape index (κ3) is 5.02. The Hall–Kier alpha value is -0.170. The van der Waals surface area contributed by atoms with Crippen LogP contribution in [0.1, 0.15) is 46.0 Å². The molecule has 1 spiro atoms. The second-order valence-corrected chi connectivity index (χ2v) is 11.6. The summed E-state index contributed by atoms with van der Waals surface area (Å²) in [5.74, 6) is 1.55. The monoisotopic (exact) mass is 570 g/mol. The van der Waals surface area contributed by atoms with Crippen molar-refractivity contribution in [2.75, 3.05) is 52.2 Å². The molecular formula is C21H39IN4O4S. The maximum Gasteiger partial charge on any atom is 0.216 e. The van der Waals surface area contributed by atoms with E-state index in [1.165, 1.54) is 25.7 Å². The quantitative estimate of drug-likeness (QED) is 0.299. The first-order valence-corrected chi connectivity index (χ1v) is 13.2. The van der Waals surface area contributed by atoms with Gasteiger partial charge in [0, 0.05) is 57.2 Å². The zero-order valence-electron chi connectivity index (χ0n) is 19.1. The maximum absolute atomic E-state index is 12.6. The molecule has 4 fully saturated rings. The summed E-state index contributed by atoms with van der Waals surface area (Å²) < 4.78 is 38.4. The second kappa shape index (κ2) is 10.4. The Morgan fingerprint density at radius 3 is 2.52 bits per heavy atom. The molecule has 3 atom stereocenters. The minimum Gasteiger partial charge on any atom is -0.378 e. The zero-order valence-corrected chi connectivity index (χ0v) is 22.2. The van der Waals surface area contributed by atoms with Gasteiger partial charge in [0.15, 0.2) is 5.96 Å². The SMILES string of the molecule is CN=C(NC1C2CCOC2C12CCCC2)N1CCN(S(=O)(=O)CCOC(C)C)CC1.I. The smallest absolute Gasteiger partial charge is 0.216 e. The summed E-state index contributed by atoms with van der Waals surface area (Å²) in [5, 5.41) is 3.79. The Morgan fingerprint density at radius 1 is 1.23 bits per heavy atom. The van der Waals surface area contributed by atoms with Crippen LogP contribution in [0.2, 0.25) is 0 Å². The highest BCUT2D eigenvalue weighted by Gasteiger charge is 2.65. The van der Waals surface area contributed by atoms with E-state index in [0.29, 0.717) is 44.2 Å². The van der Waals surface area contributed by atoms with Gasteiger partial charge in [0.1, 0.15) is 0 Å². The van der Waals surface area contributed by atoms with Gasteiger partial charge in [-0.05, 0) is 33.1 Å². The fourth-order valence-corrected chi connectivity index (χ4v) is 7.32. The first-order valence-electron chi connectivity index (χ1n) is 11.6. The number of piperazine rings is 1. The van der Waals surface area contributed by atoms with E-state index in [1.807, 2.05) is 20.9 Å². The first-order chi connectivity index (χ1) is 14.4. The van der Waals surface area contributed by atoms with Gasteiger partial charge < -0.3 is 19.7 Å². The van der Waals surface area contributed by atoms with Crippen LogP contribution in [0.15, 0.2) is 4.99 Å². The number of fused-ring (bicyclic) bond motifs is 2. The van der Waals surface area contributed by atoms with E-state index in [4.69, 9.17) is 9.47 Å². The maximum atomic E-state index is 12.6. The third-order valence-corrected chi connectivity index (χ3v) is 9.34. The van der Waals surface area contributed by atoms with Crippen LogP contribution >= 0.6 is 24.0 Å². The van der Waals surface area contributed by atoms with E-state index < -0.39 is 10.0 Å². The molecule has 4 aliphatic rings. The van der Waals surface area contributed by atoms with E-state index in [0.717, 1.165) is 19.0 Å². The number of nitrogens with zero attached hydrogens (tertiary/aromatic N) is 3. The number of sulfonamides is 1.